The van der Waals surface area contributed by atoms with E-state index in [0.717, 1.165) is 39.3 Å². The van der Waals surface area contributed by atoms with Crippen molar-refractivity contribution in [3.63, 3.8) is 0 Å². The Morgan fingerprint density at radius 1 is 1.00 bits per heavy atom. The van der Waals surface area contributed by atoms with Crippen LogP contribution in [0.25, 0.3) is 0 Å². The van der Waals surface area contributed by atoms with Crippen LogP contribution in [0.4, 0.5) is 0 Å². The summed E-state index contributed by atoms with van der Waals surface area (Å²) in [7, 11) is 0. The summed E-state index contributed by atoms with van der Waals surface area (Å²) in [4.78, 5) is 0. The average molecular weight is 261 g/mol. The molecule has 0 radical (unpaired) electrons. The molecule has 110 valence electrons. The van der Waals surface area contributed by atoms with E-state index in [1.54, 1.807) is 0 Å². The fourth-order valence-corrected chi connectivity index (χ4v) is 1.44. The third-order valence-corrected chi connectivity index (χ3v) is 2.36. The van der Waals surface area contributed by atoms with E-state index in [2.05, 4.69) is 26.1 Å². The highest BCUT2D eigenvalue weighted by Gasteiger charge is 2.01. The first kappa shape index (κ1) is 17.8. The van der Waals surface area contributed by atoms with Gasteiger partial charge in [-0.2, -0.15) is 0 Å². The van der Waals surface area contributed by atoms with Gasteiger partial charge in [-0.25, -0.2) is 0 Å². The van der Waals surface area contributed by atoms with E-state index in [1.807, 2.05) is 6.92 Å². The van der Waals surface area contributed by atoms with Crippen molar-refractivity contribution in [1.82, 2.24) is 5.32 Å². The molecule has 0 spiro atoms. The molecule has 0 saturated heterocycles. The Balaban J connectivity index is 3.15. The summed E-state index contributed by atoms with van der Waals surface area (Å²) in [5, 5.41) is 3.36. The molecule has 0 heterocycles. The maximum Gasteiger partial charge on any atom is 0.0704 e. The van der Waals surface area contributed by atoms with E-state index in [1.165, 1.54) is 0 Å². The van der Waals surface area contributed by atoms with E-state index in [-0.39, 0.29) is 6.10 Å². The number of rotatable bonds is 13. The summed E-state index contributed by atoms with van der Waals surface area (Å²) < 4.78 is 16.4. The molecular weight excluding hydrogens is 230 g/mol. The summed E-state index contributed by atoms with van der Waals surface area (Å²) >= 11 is 0. The van der Waals surface area contributed by atoms with Crippen LogP contribution in [0.15, 0.2) is 0 Å². The second-order valence-electron chi connectivity index (χ2n) is 4.90. The zero-order chi connectivity index (χ0) is 13.6. The number of hydrogen-bond donors (Lipinski definition) is 1. The number of hydrogen-bond acceptors (Lipinski definition) is 4. The van der Waals surface area contributed by atoms with E-state index >= 15 is 0 Å². The van der Waals surface area contributed by atoms with Crippen molar-refractivity contribution in [3.8, 4) is 0 Å². The lowest BCUT2D eigenvalue weighted by molar-refractivity contribution is 0.00661. The van der Waals surface area contributed by atoms with E-state index in [9.17, 15) is 0 Å². The molecule has 0 aliphatic carbocycles. The van der Waals surface area contributed by atoms with Gasteiger partial charge in [-0.05, 0) is 32.7 Å². The van der Waals surface area contributed by atoms with Gasteiger partial charge in [-0.3, -0.25) is 0 Å². The number of ether oxygens (including phenoxy) is 3. The smallest absolute Gasteiger partial charge is 0.0704 e. The van der Waals surface area contributed by atoms with Crippen LogP contribution in [0, 0.1) is 5.92 Å². The molecule has 0 rings (SSSR count). The van der Waals surface area contributed by atoms with Gasteiger partial charge in [0.1, 0.15) is 0 Å². The van der Waals surface area contributed by atoms with Crippen LogP contribution in [-0.2, 0) is 14.2 Å². The van der Waals surface area contributed by atoms with Crippen LogP contribution in [0.5, 0.6) is 0 Å². The molecule has 18 heavy (non-hydrogen) atoms. The highest BCUT2D eigenvalue weighted by atomic mass is 16.5. The summed E-state index contributed by atoms with van der Waals surface area (Å²) in [6.45, 7) is 14.1. The third kappa shape index (κ3) is 13.9. The quantitative estimate of drug-likeness (QED) is 0.515. The predicted octanol–water partition coefficient (Wildman–Crippen LogP) is 2.08. The van der Waals surface area contributed by atoms with Crippen LogP contribution >= 0.6 is 0 Å². The maximum atomic E-state index is 5.63. The molecule has 4 heteroatoms. The van der Waals surface area contributed by atoms with Crippen LogP contribution in [-0.4, -0.2) is 52.2 Å². The van der Waals surface area contributed by atoms with Crippen LogP contribution < -0.4 is 5.32 Å². The van der Waals surface area contributed by atoms with Gasteiger partial charge in [-0.1, -0.05) is 13.8 Å². The van der Waals surface area contributed by atoms with Gasteiger partial charge in [0.05, 0.1) is 19.3 Å². The van der Waals surface area contributed by atoms with E-state index in [4.69, 9.17) is 14.2 Å². The van der Waals surface area contributed by atoms with Crippen molar-refractivity contribution >= 4 is 0 Å². The molecule has 0 aromatic heterocycles. The molecule has 0 aliphatic rings. The first-order chi connectivity index (χ1) is 8.66. The Kier molecular flexibility index (Phi) is 13.2. The minimum atomic E-state index is 0.236. The Hall–Kier alpha value is -0.160. The van der Waals surface area contributed by atoms with Crippen LogP contribution in [0.3, 0.4) is 0 Å². The molecule has 1 atom stereocenters. The normalized spacial score (nSPS) is 13.2. The van der Waals surface area contributed by atoms with Crippen molar-refractivity contribution in [2.24, 2.45) is 5.92 Å². The van der Waals surface area contributed by atoms with Gasteiger partial charge >= 0.3 is 0 Å². The summed E-state index contributed by atoms with van der Waals surface area (Å²) in [6, 6.07) is 0. The molecule has 0 aromatic rings. The largest absolute Gasteiger partial charge is 0.382 e. The third-order valence-electron chi connectivity index (χ3n) is 2.36. The topological polar surface area (TPSA) is 39.7 Å². The first-order valence-electron chi connectivity index (χ1n) is 7.14. The van der Waals surface area contributed by atoms with Crippen LogP contribution in [0.2, 0.25) is 0 Å². The molecule has 1 N–H and O–H groups in total. The Labute approximate surface area is 112 Å². The first-order valence-corrected chi connectivity index (χ1v) is 7.14. The zero-order valence-corrected chi connectivity index (χ0v) is 12.5. The lowest BCUT2D eigenvalue weighted by Crippen LogP contribution is -2.29. The molecular formula is C14H31NO3. The van der Waals surface area contributed by atoms with Crippen molar-refractivity contribution in [3.05, 3.63) is 0 Å². The number of nitrogens with one attached hydrogen (secondary N) is 1. The second kappa shape index (κ2) is 13.3. The maximum absolute atomic E-state index is 5.63. The lowest BCUT2D eigenvalue weighted by Gasteiger charge is -2.14. The Bertz CT molecular complexity index is 165. The van der Waals surface area contributed by atoms with Gasteiger partial charge in [0, 0.05) is 26.4 Å². The SMILES string of the molecule is CCOCCCNCC(C)OCCOCC(C)C. The summed E-state index contributed by atoms with van der Waals surface area (Å²) in [5.74, 6) is 0.592. The van der Waals surface area contributed by atoms with Crippen LogP contribution in [0.1, 0.15) is 34.1 Å². The predicted molar refractivity (Wildman–Crippen MR) is 75.1 cm³/mol. The van der Waals surface area contributed by atoms with Gasteiger partial charge in [0.25, 0.3) is 0 Å². The Morgan fingerprint density at radius 3 is 2.44 bits per heavy atom. The lowest BCUT2D eigenvalue weighted by atomic mass is 10.2. The fourth-order valence-electron chi connectivity index (χ4n) is 1.44. The highest BCUT2D eigenvalue weighted by Crippen LogP contribution is 1.94. The second-order valence-corrected chi connectivity index (χ2v) is 4.90. The monoisotopic (exact) mass is 261 g/mol. The Morgan fingerprint density at radius 2 is 1.78 bits per heavy atom. The molecule has 0 aromatic carbocycles. The van der Waals surface area contributed by atoms with Crippen molar-refractivity contribution in [2.75, 3.05) is 46.1 Å². The molecule has 0 saturated carbocycles. The molecule has 4 nitrogen and oxygen atoms in total. The molecule has 0 bridgehead atoms. The van der Waals surface area contributed by atoms with Gasteiger partial charge in [-0.15, -0.1) is 0 Å². The minimum absolute atomic E-state index is 0.236. The molecule has 1 unspecified atom stereocenters. The van der Waals surface area contributed by atoms with E-state index < -0.39 is 0 Å². The van der Waals surface area contributed by atoms with Gasteiger partial charge in [0.15, 0.2) is 0 Å². The highest BCUT2D eigenvalue weighted by molar-refractivity contribution is 4.55. The standard InChI is InChI=1S/C14H31NO3/c1-5-16-8-6-7-15-11-14(4)18-10-9-17-12-13(2)3/h13-15H,5-12H2,1-4H3. The molecule has 0 amide bonds. The minimum Gasteiger partial charge on any atom is -0.382 e. The van der Waals surface area contributed by atoms with Crippen molar-refractivity contribution < 1.29 is 14.2 Å². The van der Waals surface area contributed by atoms with E-state index in [0.29, 0.717) is 19.1 Å². The molecule has 0 aliphatic heterocycles. The summed E-state index contributed by atoms with van der Waals surface area (Å²) in [6.07, 6.45) is 1.29. The van der Waals surface area contributed by atoms with Gasteiger partial charge < -0.3 is 19.5 Å². The molecule has 0 fully saturated rings. The van der Waals surface area contributed by atoms with Gasteiger partial charge in [0.2, 0.25) is 0 Å². The zero-order valence-electron chi connectivity index (χ0n) is 12.5. The fraction of sp³-hybridized carbons (Fsp3) is 1.00. The van der Waals surface area contributed by atoms with Crippen molar-refractivity contribution in [1.29, 1.82) is 0 Å². The van der Waals surface area contributed by atoms with Crippen molar-refractivity contribution in [2.45, 2.75) is 40.2 Å². The average Bonchev–Trinajstić information content (AvgIpc) is 2.33. The summed E-state index contributed by atoms with van der Waals surface area (Å²) in [5.41, 5.74) is 0.